The minimum atomic E-state index is -0.254. The summed E-state index contributed by atoms with van der Waals surface area (Å²) in [6.07, 6.45) is 4.46. The second-order valence-electron chi connectivity index (χ2n) is 5.58. The number of anilines is 1. The van der Waals surface area contributed by atoms with Crippen molar-refractivity contribution in [2.45, 2.75) is 32.6 Å². The molecule has 0 bridgehead atoms. The highest BCUT2D eigenvalue weighted by molar-refractivity contribution is 6.06. The molecule has 0 saturated heterocycles. The normalized spacial score (nSPS) is 13.6. The first-order chi connectivity index (χ1) is 10.2. The second-order valence-corrected chi connectivity index (χ2v) is 5.58. The van der Waals surface area contributed by atoms with Crippen LogP contribution in [0.5, 0.6) is 5.75 Å². The Labute approximate surface area is 124 Å². The highest BCUT2D eigenvalue weighted by Crippen LogP contribution is 2.29. The molecule has 0 fully saturated rings. The average Bonchev–Trinajstić information content (AvgIpc) is 2.50. The van der Waals surface area contributed by atoms with E-state index in [1.54, 1.807) is 25.1 Å². The maximum atomic E-state index is 12.4. The molecule has 2 N–H and O–H groups in total. The molecule has 0 aliphatic heterocycles. The van der Waals surface area contributed by atoms with Crippen molar-refractivity contribution in [2.24, 2.45) is 0 Å². The largest absolute Gasteiger partial charge is 0.507 e. The number of hydrogen-bond acceptors (Lipinski definition) is 2. The van der Waals surface area contributed by atoms with Crippen LogP contribution in [0.3, 0.4) is 0 Å². The Kier molecular flexibility index (Phi) is 3.65. The molecule has 1 aliphatic rings. The van der Waals surface area contributed by atoms with E-state index in [0.717, 1.165) is 24.9 Å². The summed E-state index contributed by atoms with van der Waals surface area (Å²) in [5.41, 5.74) is 4.47. The molecule has 0 aromatic heterocycles. The van der Waals surface area contributed by atoms with Crippen LogP contribution >= 0.6 is 0 Å². The fraction of sp³-hybridized carbons (Fsp3) is 0.278. The minimum absolute atomic E-state index is 0.0554. The van der Waals surface area contributed by atoms with E-state index >= 15 is 0 Å². The van der Waals surface area contributed by atoms with Gasteiger partial charge in [0.05, 0.1) is 5.56 Å². The lowest BCUT2D eigenvalue weighted by Crippen LogP contribution is -2.15. The molecule has 108 valence electrons. The molecule has 0 atom stereocenters. The molecule has 0 heterocycles. The van der Waals surface area contributed by atoms with Gasteiger partial charge in [0.15, 0.2) is 0 Å². The minimum Gasteiger partial charge on any atom is -0.507 e. The van der Waals surface area contributed by atoms with Crippen molar-refractivity contribution in [1.82, 2.24) is 0 Å². The zero-order chi connectivity index (χ0) is 14.8. The molecule has 21 heavy (non-hydrogen) atoms. The van der Waals surface area contributed by atoms with Gasteiger partial charge in [0.1, 0.15) is 5.75 Å². The highest BCUT2D eigenvalue weighted by atomic mass is 16.3. The number of carbonyl (C=O) groups excluding carboxylic acids is 1. The van der Waals surface area contributed by atoms with E-state index in [0.29, 0.717) is 11.1 Å². The molecule has 1 aliphatic carbocycles. The molecule has 3 heteroatoms. The summed E-state index contributed by atoms with van der Waals surface area (Å²) in [5, 5.41) is 13.0. The number of carbonyl (C=O) groups is 1. The third-order valence-corrected chi connectivity index (χ3v) is 4.13. The molecule has 3 nitrogen and oxygen atoms in total. The van der Waals surface area contributed by atoms with Gasteiger partial charge in [0.2, 0.25) is 0 Å². The summed E-state index contributed by atoms with van der Waals surface area (Å²) < 4.78 is 0. The van der Waals surface area contributed by atoms with E-state index in [-0.39, 0.29) is 11.7 Å². The van der Waals surface area contributed by atoms with Gasteiger partial charge in [-0.1, -0.05) is 24.3 Å². The number of aryl methyl sites for hydroxylation is 2. The Morgan fingerprint density at radius 3 is 2.71 bits per heavy atom. The van der Waals surface area contributed by atoms with Gasteiger partial charge < -0.3 is 10.4 Å². The zero-order valence-corrected chi connectivity index (χ0v) is 12.1. The smallest absolute Gasteiger partial charge is 0.259 e. The van der Waals surface area contributed by atoms with Gasteiger partial charge in [-0.3, -0.25) is 4.79 Å². The molecule has 1 amide bonds. The number of phenols is 1. The fourth-order valence-corrected chi connectivity index (χ4v) is 2.93. The number of amides is 1. The van der Waals surface area contributed by atoms with Gasteiger partial charge in [-0.25, -0.2) is 0 Å². The lowest BCUT2D eigenvalue weighted by molar-refractivity contribution is 0.102. The van der Waals surface area contributed by atoms with Crippen LogP contribution in [0.4, 0.5) is 5.69 Å². The molecule has 0 spiro atoms. The third-order valence-electron chi connectivity index (χ3n) is 4.13. The standard InChI is InChI=1S/C18H19NO2/c1-12-6-4-10-15(17(12)20)18(21)19-16-11-5-8-13-7-2-3-9-14(13)16/h4-6,8,10-11,20H,2-3,7,9H2,1H3,(H,19,21). The summed E-state index contributed by atoms with van der Waals surface area (Å²) in [6.45, 7) is 1.79. The van der Waals surface area contributed by atoms with Crippen LogP contribution in [0, 0.1) is 6.92 Å². The Morgan fingerprint density at radius 1 is 1.10 bits per heavy atom. The van der Waals surface area contributed by atoms with Crippen LogP contribution in [-0.4, -0.2) is 11.0 Å². The number of phenolic OH excluding ortho intramolecular Hbond substituents is 1. The van der Waals surface area contributed by atoms with Crippen LogP contribution in [0.15, 0.2) is 36.4 Å². The van der Waals surface area contributed by atoms with Crippen LogP contribution in [0.1, 0.15) is 39.9 Å². The summed E-state index contributed by atoms with van der Waals surface area (Å²) >= 11 is 0. The maximum Gasteiger partial charge on any atom is 0.259 e. The van der Waals surface area contributed by atoms with Crippen molar-refractivity contribution in [3.8, 4) is 5.75 Å². The Balaban J connectivity index is 1.90. The SMILES string of the molecule is Cc1cccc(C(=O)Nc2cccc3c2CCCC3)c1O. The first-order valence-electron chi connectivity index (χ1n) is 7.37. The van der Waals surface area contributed by atoms with Crippen LogP contribution in [0.25, 0.3) is 0 Å². The van der Waals surface area contributed by atoms with Crippen molar-refractivity contribution in [2.75, 3.05) is 5.32 Å². The predicted octanol–water partition coefficient (Wildman–Crippen LogP) is 3.83. The number of para-hydroxylation sites is 1. The van der Waals surface area contributed by atoms with Crippen molar-refractivity contribution in [3.05, 3.63) is 58.7 Å². The van der Waals surface area contributed by atoms with E-state index < -0.39 is 0 Å². The molecule has 0 saturated carbocycles. The maximum absolute atomic E-state index is 12.4. The quantitative estimate of drug-likeness (QED) is 0.879. The van der Waals surface area contributed by atoms with Gasteiger partial charge in [-0.05, 0) is 61.4 Å². The number of nitrogens with one attached hydrogen (secondary N) is 1. The Morgan fingerprint density at radius 2 is 1.86 bits per heavy atom. The topological polar surface area (TPSA) is 49.3 Å². The van der Waals surface area contributed by atoms with E-state index in [1.165, 1.54) is 17.5 Å². The molecule has 2 aromatic carbocycles. The Bertz CT molecular complexity index is 692. The van der Waals surface area contributed by atoms with Gasteiger partial charge in [-0.2, -0.15) is 0 Å². The molecule has 0 radical (unpaired) electrons. The highest BCUT2D eigenvalue weighted by Gasteiger charge is 2.17. The number of benzene rings is 2. The van der Waals surface area contributed by atoms with Gasteiger partial charge in [0, 0.05) is 5.69 Å². The molecular weight excluding hydrogens is 262 g/mol. The van der Waals surface area contributed by atoms with E-state index in [1.807, 2.05) is 12.1 Å². The monoisotopic (exact) mass is 281 g/mol. The van der Waals surface area contributed by atoms with Crippen LogP contribution < -0.4 is 5.32 Å². The lowest BCUT2D eigenvalue weighted by Gasteiger charge is -2.19. The van der Waals surface area contributed by atoms with Gasteiger partial charge in [0.25, 0.3) is 5.91 Å². The van der Waals surface area contributed by atoms with E-state index in [4.69, 9.17) is 0 Å². The summed E-state index contributed by atoms with van der Waals surface area (Å²) in [4.78, 5) is 12.4. The molecular formula is C18H19NO2. The summed E-state index contributed by atoms with van der Waals surface area (Å²) in [5.74, 6) is -0.199. The predicted molar refractivity (Wildman–Crippen MR) is 83.9 cm³/mol. The lowest BCUT2D eigenvalue weighted by atomic mass is 9.90. The number of rotatable bonds is 2. The first kappa shape index (κ1) is 13.7. The van der Waals surface area contributed by atoms with Crippen molar-refractivity contribution >= 4 is 11.6 Å². The van der Waals surface area contributed by atoms with Crippen molar-refractivity contribution < 1.29 is 9.90 Å². The summed E-state index contributed by atoms with van der Waals surface area (Å²) in [7, 11) is 0. The second kappa shape index (κ2) is 5.60. The van der Waals surface area contributed by atoms with Crippen molar-refractivity contribution in [3.63, 3.8) is 0 Å². The Hall–Kier alpha value is -2.29. The van der Waals surface area contributed by atoms with Crippen LogP contribution in [0.2, 0.25) is 0 Å². The van der Waals surface area contributed by atoms with Gasteiger partial charge in [-0.15, -0.1) is 0 Å². The number of hydrogen-bond donors (Lipinski definition) is 2. The van der Waals surface area contributed by atoms with Crippen LogP contribution in [-0.2, 0) is 12.8 Å². The molecule has 2 aromatic rings. The first-order valence-corrected chi connectivity index (χ1v) is 7.37. The van der Waals surface area contributed by atoms with E-state index in [2.05, 4.69) is 11.4 Å². The number of aromatic hydroxyl groups is 1. The number of fused-ring (bicyclic) bond motifs is 1. The fourth-order valence-electron chi connectivity index (χ4n) is 2.93. The van der Waals surface area contributed by atoms with E-state index in [9.17, 15) is 9.90 Å². The average molecular weight is 281 g/mol. The molecule has 0 unspecified atom stereocenters. The zero-order valence-electron chi connectivity index (χ0n) is 12.1. The summed E-state index contributed by atoms with van der Waals surface area (Å²) in [6, 6.07) is 11.3. The van der Waals surface area contributed by atoms with Gasteiger partial charge >= 0.3 is 0 Å². The third kappa shape index (κ3) is 2.64. The molecule has 3 rings (SSSR count). The van der Waals surface area contributed by atoms with Crippen molar-refractivity contribution in [1.29, 1.82) is 0 Å².